The first kappa shape index (κ1) is 27.6. The van der Waals surface area contributed by atoms with Gasteiger partial charge >= 0.3 is 17.8 Å². The van der Waals surface area contributed by atoms with Crippen molar-refractivity contribution in [3.05, 3.63) is 106 Å². The highest BCUT2D eigenvalue weighted by Gasteiger charge is 2.38. The van der Waals surface area contributed by atoms with Crippen LogP contribution in [0.25, 0.3) is 5.69 Å². The Balaban J connectivity index is 0.000000448. The van der Waals surface area contributed by atoms with Crippen LogP contribution in [0, 0.1) is 6.92 Å². The van der Waals surface area contributed by atoms with Crippen LogP contribution in [0.2, 0.25) is 0 Å². The third-order valence-corrected chi connectivity index (χ3v) is 6.05. The Kier molecular flexibility index (Phi) is 8.17. The minimum atomic E-state index is -5.08. The summed E-state index contributed by atoms with van der Waals surface area (Å²) in [4.78, 5) is 23.9. The first-order valence-electron chi connectivity index (χ1n) is 11.9. The lowest BCUT2D eigenvalue weighted by molar-refractivity contribution is -0.192. The Morgan fingerprint density at radius 2 is 1.79 bits per heavy atom. The molecule has 4 aromatic rings. The first-order valence-corrected chi connectivity index (χ1v) is 11.9. The van der Waals surface area contributed by atoms with Crippen molar-refractivity contribution in [1.29, 1.82) is 0 Å². The fourth-order valence-electron chi connectivity index (χ4n) is 4.21. The van der Waals surface area contributed by atoms with E-state index in [0.29, 0.717) is 18.9 Å². The van der Waals surface area contributed by atoms with Crippen molar-refractivity contribution < 1.29 is 28.2 Å². The van der Waals surface area contributed by atoms with E-state index >= 15 is 0 Å². The van der Waals surface area contributed by atoms with Crippen molar-refractivity contribution >= 4 is 17.6 Å². The predicted molar refractivity (Wildman–Crippen MR) is 138 cm³/mol. The molecule has 0 aliphatic heterocycles. The highest BCUT2D eigenvalue weighted by molar-refractivity contribution is 5.73. The van der Waals surface area contributed by atoms with E-state index in [2.05, 4.69) is 32.8 Å². The number of anilines is 2. The lowest BCUT2D eigenvalue weighted by Crippen LogP contribution is -2.28. The van der Waals surface area contributed by atoms with Crippen LogP contribution < -0.4 is 16.3 Å². The summed E-state index contributed by atoms with van der Waals surface area (Å²) in [6, 6.07) is 23.7. The van der Waals surface area contributed by atoms with Gasteiger partial charge in [-0.05, 0) is 53.4 Å². The molecule has 0 fully saturated rings. The van der Waals surface area contributed by atoms with Gasteiger partial charge in [-0.25, -0.2) is 9.59 Å². The van der Waals surface area contributed by atoms with E-state index in [9.17, 15) is 23.1 Å². The smallest absolute Gasteiger partial charge is 0.475 e. The average Bonchev–Trinajstić information content (AvgIpc) is 3.41. The molecular weight excluding hydrogens is 515 g/mol. The van der Waals surface area contributed by atoms with E-state index in [1.165, 1.54) is 15.8 Å². The number of H-pyrrole nitrogens is 1. The number of carbonyl (C=O) groups is 1. The molecule has 0 saturated heterocycles. The quantitative estimate of drug-likeness (QED) is 0.249. The van der Waals surface area contributed by atoms with Crippen LogP contribution in [-0.4, -0.2) is 43.2 Å². The van der Waals surface area contributed by atoms with Gasteiger partial charge in [-0.15, -0.1) is 5.10 Å². The molecule has 0 unspecified atom stereocenters. The van der Waals surface area contributed by atoms with E-state index in [0.717, 1.165) is 22.5 Å². The summed E-state index contributed by atoms with van der Waals surface area (Å²) in [5.41, 5.74) is 5.79. The SMILES string of the molecule is Cc1cccc(-n2nc(Nc3ccc(CN[C@@H]4c5ccccc5C[C@@H]4O)cc3)[nH]c2=O)c1.O=C(O)C(F)(F)F. The van der Waals surface area contributed by atoms with Crippen LogP contribution in [0.3, 0.4) is 0 Å². The lowest BCUT2D eigenvalue weighted by atomic mass is 10.1. The molecular formula is C27H26F3N5O4. The Morgan fingerprint density at radius 1 is 1.10 bits per heavy atom. The van der Waals surface area contributed by atoms with Crippen molar-refractivity contribution in [2.24, 2.45) is 0 Å². The predicted octanol–water partition coefficient (Wildman–Crippen LogP) is 3.99. The molecule has 2 atom stereocenters. The Bertz CT molecular complexity index is 1500. The number of aliphatic hydroxyl groups excluding tert-OH is 1. The molecule has 0 radical (unpaired) electrons. The van der Waals surface area contributed by atoms with Crippen molar-refractivity contribution in [2.45, 2.75) is 38.2 Å². The molecule has 9 nitrogen and oxygen atoms in total. The molecule has 5 rings (SSSR count). The maximum atomic E-state index is 12.3. The number of carboxylic acid groups (broad SMARTS) is 1. The van der Waals surface area contributed by atoms with E-state index in [1.807, 2.05) is 67.6 Å². The van der Waals surface area contributed by atoms with Gasteiger partial charge in [0.15, 0.2) is 0 Å². The van der Waals surface area contributed by atoms with E-state index < -0.39 is 18.2 Å². The van der Waals surface area contributed by atoms with Crippen LogP contribution >= 0.6 is 0 Å². The minimum absolute atomic E-state index is 0.0559. The van der Waals surface area contributed by atoms with Gasteiger partial charge in [0, 0.05) is 18.7 Å². The lowest BCUT2D eigenvalue weighted by Gasteiger charge is -2.18. The fourth-order valence-corrected chi connectivity index (χ4v) is 4.21. The van der Waals surface area contributed by atoms with Crippen LogP contribution in [0.1, 0.15) is 28.3 Å². The van der Waals surface area contributed by atoms with Gasteiger partial charge in [0.1, 0.15) is 0 Å². The number of benzene rings is 3. The summed E-state index contributed by atoms with van der Waals surface area (Å²) in [5, 5.41) is 28.5. The molecule has 1 heterocycles. The number of rotatable bonds is 6. The first-order chi connectivity index (χ1) is 18.5. The van der Waals surface area contributed by atoms with Crippen molar-refractivity contribution in [2.75, 3.05) is 5.32 Å². The molecule has 1 aliphatic rings. The number of aliphatic hydroxyl groups is 1. The second-order valence-electron chi connectivity index (χ2n) is 8.98. The number of alkyl halides is 3. The number of aryl methyl sites for hydroxylation is 1. The number of hydrogen-bond acceptors (Lipinski definition) is 6. The van der Waals surface area contributed by atoms with Gasteiger partial charge in [0.25, 0.3) is 0 Å². The van der Waals surface area contributed by atoms with Gasteiger partial charge in [-0.1, -0.05) is 48.5 Å². The number of halogens is 3. The summed E-state index contributed by atoms with van der Waals surface area (Å²) in [6.45, 7) is 2.62. The molecule has 0 amide bonds. The van der Waals surface area contributed by atoms with Crippen molar-refractivity contribution in [1.82, 2.24) is 20.1 Å². The Labute approximate surface area is 220 Å². The van der Waals surface area contributed by atoms with E-state index in [-0.39, 0.29) is 11.7 Å². The van der Waals surface area contributed by atoms with Gasteiger partial charge in [0.05, 0.1) is 17.8 Å². The summed E-state index contributed by atoms with van der Waals surface area (Å²) < 4.78 is 33.1. The number of aromatic nitrogens is 3. The second-order valence-corrected chi connectivity index (χ2v) is 8.98. The number of nitrogens with zero attached hydrogens (tertiary/aromatic N) is 2. The minimum Gasteiger partial charge on any atom is -0.475 e. The van der Waals surface area contributed by atoms with Crippen LogP contribution in [0.5, 0.6) is 0 Å². The Hall–Kier alpha value is -4.42. The number of carboxylic acids is 1. The van der Waals surface area contributed by atoms with Crippen LogP contribution in [-0.2, 0) is 17.8 Å². The maximum absolute atomic E-state index is 12.3. The number of hydrogen-bond donors (Lipinski definition) is 5. The normalized spacial score (nSPS) is 16.2. The van der Waals surface area contributed by atoms with Gasteiger partial charge < -0.3 is 20.8 Å². The monoisotopic (exact) mass is 541 g/mol. The summed E-state index contributed by atoms with van der Waals surface area (Å²) in [5.74, 6) is -2.37. The molecule has 204 valence electrons. The number of nitrogens with one attached hydrogen (secondary N) is 3. The molecule has 1 aromatic heterocycles. The summed E-state index contributed by atoms with van der Waals surface area (Å²) in [6.07, 6.45) is -4.81. The van der Waals surface area contributed by atoms with Gasteiger partial charge in [-0.3, -0.25) is 4.98 Å². The largest absolute Gasteiger partial charge is 0.490 e. The molecule has 5 N–H and O–H groups in total. The van der Waals surface area contributed by atoms with Gasteiger partial charge in [-0.2, -0.15) is 17.9 Å². The van der Waals surface area contributed by atoms with Gasteiger partial charge in [0.2, 0.25) is 5.95 Å². The van der Waals surface area contributed by atoms with Crippen molar-refractivity contribution in [3.8, 4) is 5.69 Å². The second kappa shape index (κ2) is 11.5. The highest BCUT2D eigenvalue weighted by Crippen LogP contribution is 2.31. The molecule has 1 aliphatic carbocycles. The molecule has 0 saturated carbocycles. The van der Waals surface area contributed by atoms with Crippen molar-refractivity contribution in [3.63, 3.8) is 0 Å². The van der Waals surface area contributed by atoms with E-state index in [4.69, 9.17) is 9.90 Å². The molecule has 0 bridgehead atoms. The topological polar surface area (TPSA) is 132 Å². The highest BCUT2D eigenvalue weighted by atomic mass is 19.4. The van der Waals surface area contributed by atoms with E-state index in [1.54, 1.807) is 0 Å². The fraction of sp³-hybridized carbons (Fsp3) is 0.222. The Morgan fingerprint density at radius 3 is 2.46 bits per heavy atom. The number of fused-ring (bicyclic) bond motifs is 1. The zero-order chi connectivity index (χ0) is 28.2. The average molecular weight is 542 g/mol. The zero-order valence-electron chi connectivity index (χ0n) is 20.7. The van der Waals surface area contributed by atoms with Crippen LogP contribution in [0.4, 0.5) is 24.8 Å². The third-order valence-electron chi connectivity index (χ3n) is 6.05. The standard InChI is InChI=1S/C25H25N5O2.C2HF3O2/c1-16-5-4-7-20(13-16)30-25(32)28-24(29-30)27-19-11-9-17(10-12-19)15-26-23-21-8-3-2-6-18(21)14-22(23)31;3-2(4,5)1(6)7/h2-13,22-23,26,31H,14-15H2,1H3,(H2,27,28,29,32);(H,6,7)/t22-,23+;/m0./s1. The molecule has 12 heteroatoms. The number of aliphatic carboxylic acids is 1. The number of aromatic amines is 1. The third kappa shape index (κ3) is 6.92. The summed E-state index contributed by atoms with van der Waals surface area (Å²) in [7, 11) is 0. The zero-order valence-corrected chi connectivity index (χ0v) is 20.7. The maximum Gasteiger partial charge on any atom is 0.490 e. The molecule has 3 aromatic carbocycles. The van der Waals surface area contributed by atoms with Crippen LogP contribution in [0.15, 0.2) is 77.6 Å². The molecule has 39 heavy (non-hydrogen) atoms. The molecule has 0 spiro atoms. The summed E-state index contributed by atoms with van der Waals surface area (Å²) >= 11 is 0.